The highest BCUT2D eigenvalue weighted by molar-refractivity contribution is 6.30. The monoisotopic (exact) mass is 336 g/mol. The molecule has 0 radical (unpaired) electrons. The number of fused-ring (bicyclic) bond motifs is 1. The third-order valence-electron chi connectivity index (χ3n) is 3.69. The van der Waals surface area contributed by atoms with Gasteiger partial charge in [0, 0.05) is 33.2 Å². The van der Waals surface area contributed by atoms with Crippen molar-refractivity contribution in [2.24, 2.45) is 0 Å². The van der Waals surface area contributed by atoms with Crippen molar-refractivity contribution in [3.63, 3.8) is 0 Å². The molecule has 0 saturated heterocycles. The minimum Gasteiger partial charge on any atom is -0.497 e. The van der Waals surface area contributed by atoms with Crippen LogP contribution in [0.15, 0.2) is 54.2 Å². The highest BCUT2D eigenvalue weighted by atomic mass is 35.5. The number of rotatable bonds is 4. The van der Waals surface area contributed by atoms with Gasteiger partial charge in [0.1, 0.15) is 17.4 Å². The zero-order chi connectivity index (χ0) is 17.1. The SMILES string of the molecule is COc1ccc2[nH]cc(/C=C(\C#N)C(=O)c3ccc(Cl)cc3)c2c1. The van der Waals surface area contributed by atoms with Crippen molar-refractivity contribution in [3.8, 4) is 11.8 Å². The third-order valence-corrected chi connectivity index (χ3v) is 3.94. The number of Topliss-reactive ketones (excluding diaryl/α,β-unsaturated/α-hetero) is 1. The Balaban J connectivity index is 2.03. The van der Waals surface area contributed by atoms with Gasteiger partial charge >= 0.3 is 0 Å². The molecule has 1 N–H and O–H groups in total. The fourth-order valence-electron chi connectivity index (χ4n) is 2.43. The summed E-state index contributed by atoms with van der Waals surface area (Å²) in [5, 5.41) is 10.8. The molecule has 0 amide bonds. The van der Waals surface area contributed by atoms with Gasteiger partial charge in [0.2, 0.25) is 5.78 Å². The summed E-state index contributed by atoms with van der Waals surface area (Å²) in [5.41, 5.74) is 2.13. The fraction of sp³-hybridized carbons (Fsp3) is 0.0526. The Morgan fingerprint density at radius 1 is 1.25 bits per heavy atom. The van der Waals surface area contributed by atoms with Gasteiger partial charge in [-0.1, -0.05) is 11.6 Å². The van der Waals surface area contributed by atoms with Gasteiger partial charge < -0.3 is 9.72 Å². The van der Waals surface area contributed by atoms with Gasteiger partial charge in [0.05, 0.1) is 7.11 Å². The Hall–Kier alpha value is -3.03. The average Bonchev–Trinajstić information content (AvgIpc) is 3.01. The normalized spacial score (nSPS) is 11.3. The van der Waals surface area contributed by atoms with Crippen LogP contribution >= 0.6 is 11.6 Å². The summed E-state index contributed by atoms with van der Waals surface area (Å²) in [6.07, 6.45) is 3.34. The largest absolute Gasteiger partial charge is 0.497 e. The number of ether oxygens (including phenoxy) is 1. The molecule has 0 aliphatic heterocycles. The Morgan fingerprint density at radius 3 is 2.67 bits per heavy atom. The van der Waals surface area contributed by atoms with Crippen LogP contribution in [0.5, 0.6) is 5.75 Å². The average molecular weight is 337 g/mol. The number of nitriles is 1. The molecule has 24 heavy (non-hydrogen) atoms. The van der Waals surface area contributed by atoms with E-state index in [1.165, 1.54) is 0 Å². The zero-order valence-electron chi connectivity index (χ0n) is 12.8. The quantitative estimate of drug-likeness (QED) is 0.429. The van der Waals surface area contributed by atoms with E-state index in [1.54, 1.807) is 43.6 Å². The first-order chi connectivity index (χ1) is 11.6. The summed E-state index contributed by atoms with van der Waals surface area (Å²) in [5.74, 6) is 0.366. The van der Waals surface area contributed by atoms with E-state index in [0.29, 0.717) is 16.3 Å². The molecule has 2 aromatic carbocycles. The van der Waals surface area contributed by atoms with Crippen molar-refractivity contribution in [2.45, 2.75) is 0 Å². The first-order valence-corrected chi connectivity index (χ1v) is 7.57. The van der Waals surface area contributed by atoms with Crippen molar-refractivity contribution in [1.29, 1.82) is 5.26 Å². The highest BCUT2D eigenvalue weighted by Crippen LogP contribution is 2.26. The van der Waals surface area contributed by atoms with Crippen LogP contribution in [0.4, 0.5) is 0 Å². The number of aromatic nitrogens is 1. The van der Waals surface area contributed by atoms with E-state index in [9.17, 15) is 10.1 Å². The lowest BCUT2D eigenvalue weighted by Crippen LogP contribution is -2.01. The van der Waals surface area contributed by atoms with Gasteiger partial charge in [-0.3, -0.25) is 4.79 Å². The summed E-state index contributed by atoms with van der Waals surface area (Å²) in [7, 11) is 1.59. The Morgan fingerprint density at radius 2 is 2.00 bits per heavy atom. The van der Waals surface area contributed by atoms with Gasteiger partial charge in [-0.15, -0.1) is 0 Å². The van der Waals surface area contributed by atoms with Gasteiger partial charge in [0.25, 0.3) is 0 Å². The predicted molar refractivity (Wildman–Crippen MR) is 94.2 cm³/mol. The number of halogens is 1. The number of ketones is 1. The number of aromatic amines is 1. The van der Waals surface area contributed by atoms with E-state index in [4.69, 9.17) is 16.3 Å². The van der Waals surface area contributed by atoms with E-state index in [2.05, 4.69) is 4.98 Å². The summed E-state index contributed by atoms with van der Waals surface area (Å²) in [6, 6.07) is 14.0. The van der Waals surface area contributed by atoms with Gasteiger partial charge in [-0.2, -0.15) is 5.26 Å². The zero-order valence-corrected chi connectivity index (χ0v) is 13.6. The maximum atomic E-state index is 12.5. The number of H-pyrrole nitrogens is 1. The molecular formula is C19H13ClN2O2. The number of hydrogen-bond donors (Lipinski definition) is 1. The predicted octanol–water partition coefficient (Wildman–Crippen LogP) is 4.62. The maximum Gasteiger partial charge on any atom is 0.203 e. The smallest absolute Gasteiger partial charge is 0.203 e. The first-order valence-electron chi connectivity index (χ1n) is 7.19. The van der Waals surface area contributed by atoms with Crippen molar-refractivity contribution in [2.75, 3.05) is 7.11 Å². The number of methoxy groups -OCH3 is 1. The molecule has 0 unspecified atom stereocenters. The van der Waals surface area contributed by atoms with Crippen molar-refractivity contribution in [1.82, 2.24) is 4.98 Å². The Bertz CT molecular complexity index is 979. The summed E-state index contributed by atoms with van der Waals surface area (Å²) >= 11 is 5.83. The van der Waals surface area contributed by atoms with Gasteiger partial charge in [-0.25, -0.2) is 0 Å². The van der Waals surface area contributed by atoms with Crippen LogP contribution in [-0.4, -0.2) is 17.9 Å². The second-order valence-corrected chi connectivity index (χ2v) is 5.60. The topological polar surface area (TPSA) is 65.9 Å². The van der Waals surface area contributed by atoms with Crippen molar-refractivity contribution >= 4 is 34.4 Å². The molecule has 1 aromatic heterocycles. The molecular weight excluding hydrogens is 324 g/mol. The fourth-order valence-corrected chi connectivity index (χ4v) is 2.55. The van der Waals surface area contributed by atoms with Crippen LogP contribution < -0.4 is 4.74 Å². The highest BCUT2D eigenvalue weighted by Gasteiger charge is 2.13. The molecule has 3 aromatic rings. The van der Waals surface area contributed by atoms with Crippen LogP contribution in [0, 0.1) is 11.3 Å². The van der Waals surface area contributed by atoms with Crippen molar-refractivity contribution < 1.29 is 9.53 Å². The molecule has 0 fully saturated rings. The molecule has 4 nitrogen and oxygen atoms in total. The molecule has 5 heteroatoms. The van der Waals surface area contributed by atoms with E-state index in [0.717, 1.165) is 16.5 Å². The first kappa shape index (κ1) is 15.9. The number of carbonyl (C=O) groups excluding carboxylic acids is 1. The van der Waals surface area contributed by atoms with E-state index >= 15 is 0 Å². The number of nitrogens with one attached hydrogen (secondary N) is 1. The minimum absolute atomic E-state index is 0.0565. The molecule has 0 spiro atoms. The van der Waals surface area contributed by atoms with Gasteiger partial charge in [0.15, 0.2) is 0 Å². The van der Waals surface area contributed by atoms with Crippen LogP contribution in [-0.2, 0) is 0 Å². The second-order valence-electron chi connectivity index (χ2n) is 5.16. The van der Waals surface area contributed by atoms with Crippen LogP contribution in [0.1, 0.15) is 15.9 Å². The lowest BCUT2D eigenvalue weighted by Gasteiger charge is -2.01. The number of benzene rings is 2. The number of hydrogen-bond acceptors (Lipinski definition) is 3. The van der Waals surface area contributed by atoms with Crippen LogP contribution in [0.25, 0.3) is 17.0 Å². The number of carbonyl (C=O) groups is 1. The maximum absolute atomic E-state index is 12.5. The summed E-state index contributed by atoms with van der Waals surface area (Å²) in [4.78, 5) is 15.6. The van der Waals surface area contributed by atoms with E-state index in [-0.39, 0.29) is 11.4 Å². The molecule has 3 rings (SSSR count). The minimum atomic E-state index is -0.341. The molecule has 118 valence electrons. The molecule has 0 saturated carbocycles. The van der Waals surface area contributed by atoms with E-state index < -0.39 is 0 Å². The van der Waals surface area contributed by atoms with Crippen LogP contribution in [0.2, 0.25) is 5.02 Å². The van der Waals surface area contributed by atoms with Crippen molar-refractivity contribution in [3.05, 3.63) is 70.4 Å². The summed E-state index contributed by atoms with van der Waals surface area (Å²) in [6.45, 7) is 0. The number of nitrogens with zero attached hydrogens (tertiary/aromatic N) is 1. The Kier molecular flexibility index (Phi) is 4.37. The lowest BCUT2D eigenvalue weighted by molar-refractivity contribution is 0.104. The third kappa shape index (κ3) is 3.03. The van der Waals surface area contributed by atoms with E-state index in [1.807, 2.05) is 24.3 Å². The lowest BCUT2D eigenvalue weighted by atomic mass is 10.0. The molecule has 0 bridgehead atoms. The molecule has 0 aliphatic rings. The summed E-state index contributed by atoms with van der Waals surface area (Å²) < 4.78 is 5.23. The van der Waals surface area contributed by atoms with Crippen LogP contribution in [0.3, 0.4) is 0 Å². The standard InChI is InChI=1S/C19H13ClN2O2/c1-24-16-6-7-18-17(9-16)14(11-22-18)8-13(10-21)19(23)12-2-4-15(20)5-3-12/h2-9,11,22H,1H3/b13-8+. The Labute approximate surface area is 143 Å². The second kappa shape index (κ2) is 6.61. The van der Waals surface area contributed by atoms with Gasteiger partial charge in [-0.05, 0) is 48.5 Å². The molecule has 0 aliphatic carbocycles. The molecule has 0 atom stereocenters. The number of allylic oxidation sites excluding steroid dienone is 1. The molecule has 1 heterocycles.